The molecule has 0 amide bonds. The van der Waals surface area contributed by atoms with Crippen LogP contribution in [-0.2, 0) is 11.3 Å². The molecule has 3 aromatic heterocycles. The molecule has 1 aliphatic heterocycles. The Morgan fingerprint density at radius 2 is 2.12 bits per heavy atom. The number of nitrogens with zero attached hydrogens (tertiary/aromatic N) is 6. The Morgan fingerprint density at radius 1 is 1.27 bits per heavy atom. The van der Waals surface area contributed by atoms with E-state index >= 15 is 0 Å². The van der Waals surface area contributed by atoms with Crippen molar-refractivity contribution in [3.8, 4) is 0 Å². The van der Waals surface area contributed by atoms with Gasteiger partial charge in [0, 0.05) is 37.3 Å². The molecule has 2 atom stereocenters. The van der Waals surface area contributed by atoms with Gasteiger partial charge in [-0.2, -0.15) is 10.1 Å². The molecule has 1 fully saturated rings. The SMILES string of the molecule is Cc1noc([C@H]2CN(Cc3cnc4c(cnn4C(C)C)c3)C[C@@H](C)O2)n1. The molecule has 0 aromatic carbocycles. The number of ether oxygens (including phenoxy) is 1. The van der Waals surface area contributed by atoms with Gasteiger partial charge in [0.25, 0.3) is 5.89 Å². The predicted molar refractivity (Wildman–Crippen MR) is 95.5 cm³/mol. The summed E-state index contributed by atoms with van der Waals surface area (Å²) in [5, 5.41) is 9.39. The van der Waals surface area contributed by atoms with Gasteiger partial charge in [0.2, 0.25) is 0 Å². The maximum absolute atomic E-state index is 5.99. The summed E-state index contributed by atoms with van der Waals surface area (Å²) in [6.07, 6.45) is 3.73. The fraction of sp³-hybridized carbons (Fsp3) is 0.556. The summed E-state index contributed by atoms with van der Waals surface area (Å²) < 4.78 is 13.2. The Labute approximate surface area is 152 Å². The number of fused-ring (bicyclic) bond motifs is 1. The Bertz CT molecular complexity index is 902. The first-order valence-corrected chi connectivity index (χ1v) is 8.99. The van der Waals surface area contributed by atoms with Gasteiger partial charge >= 0.3 is 0 Å². The number of morpholine rings is 1. The van der Waals surface area contributed by atoms with Crippen LogP contribution in [0.5, 0.6) is 0 Å². The number of aromatic nitrogens is 5. The minimum atomic E-state index is -0.194. The maximum Gasteiger partial charge on any atom is 0.257 e. The third-order valence-corrected chi connectivity index (χ3v) is 4.54. The van der Waals surface area contributed by atoms with Crippen molar-refractivity contribution in [1.82, 2.24) is 29.8 Å². The molecule has 26 heavy (non-hydrogen) atoms. The molecule has 8 heteroatoms. The molecule has 1 saturated heterocycles. The van der Waals surface area contributed by atoms with Crippen LogP contribution < -0.4 is 0 Å². The van der Waals surface area contributed by atoms with Crippen LogP contribution in [0.4, 0.5) is 0 Å². The summed E-state index contributed by atoms with van der Waals surface area (Å²) in [5.74, 6) is 1.18. The second kappa shape index (κ2) is 6.77. The van der Waals surface area contributed by atoms with Gasteiger partial charge in [-0.25, -0.2) is 9.67 Å². The van der Waals surface area contributed by atoms with Gasteiger partial charge in [-0.05, 0) is 39.3 Å². The number of pyridine rings is 1. The molecule has 0 aliphatic carbocycles. The van der Waals surface area contributed by atoms with Crippen LogP contribution in [0, 0.1) is 6.92 Å². The van der Waals surface area contributed by atoms with Gasteiger partial charge < -0.3 is 9.26 Å². The van der Waals surface area contributed by atoms with E-state index in [0.717, 1.165) is 36.2 Å². The fourth-order valence-corrected chi connectivity index (χ4v) is 3.46. The highest BCUT2D eigenvalue weighted by atomic mass is 16.5. The Hall–Kier alpha value is -2.32. The average Bonchev–Trinajstić information content (AvgIpc) is 3.20. The molecule has 0 radical (unpaired) electrons. The van der Waals surface area contributed by atoms with Crippen molar-refractivity contribution in [1.29, 1.82) is 0 Å². The maximum atomic E-state index is 5.99. The summed E-state index contributed by atoms with van der Waals surface area (Å²) >= 11 is 0. The Morgan fingerprint density at radius 3 is 2.85 bits per heavy atom. The normalized spacial score (nSPS) is 21.7. The zero-order valence-electron chi connectivity index (χ0n) is 15.6. The number of aryl methyl sites for hydroxylation is 1. The standard InChI is InChI=1S/C18H24N6O2/c1-11(2)24-17-15(7-20-24)5-14(6-19-17)9-23-8-12(3)25-16(10-23)18-21-13(4)22-26-18/h5-7,11-12,16H,8-10H2,1-4H3/t12-,16-/m1/s1. The quantitative estimate of drug-likeness (QED) is 0.711. The highest BCUT2D eigenvalue weighted by Gasteiger charge is 2.30. The van der Waals surface area contributed by atoms with E-state index in [0.29, 0.717) is 17.8 Å². The van der Waals surface area contributed by atoms with E-state index in [1.807, 2.05) is 24.0 Å². The topological polar surface area (TPSA) is 82.1 Å². The van der Waals surface area contributed by atoms with E-state index < -0.39 is 0 Å². The van der Waals surface area contributed by atoms with Crippen molar-refractivity contribution >= 4 is 11.0 Å². The lowest BCUT2D eigenvalue weighted by atomic mass is 10.1. The van der Waals surface area contributed by atoms with Gasteiger partial charge in [-0.15, -0.1) is 0 Å². The van der Waals surface area contributed by atoms with E-state index in [1.54, 1.807) is 0 Å². The first-order valence-electron chi connectivity index (χ1n) is 8.99. The first-order chi connectivity index (χ1) is 12.5. The molecule has 0 N–H and O–H groups in total. The number of hydrogen-bond donors (Lipinski definition) is 0. The van der Waals surface area contributed by atoms with E-state index in [-0.39, 0.29) is 12.2 Å². The second-order valence-electron chi connectivity index (χ2n) is 7.25. The molecule has 138 valence electrons. The van der Waals surface area contributed by atoms with Crippen molar-refractivity contribution < 1.29 is 9.26 Å². The van der Waals surface area contributed by atoms with Crippen LogP contribution in [0.1, 0.15) is 50.2 Å². The molecule has 4 rings (SSSR count). The monoisotopic (exact) mass is 356 g/mol. The van der Waals surface area contributed by atoms with E-state index in [4.69, 9.17) is 9.26 Å². The largest absolute Gasteiger partial charge is 0.363 e. The lowest BCUT2D eigenvalue weighted by molar-refractivity contribution is -0.0930. The van der Waals surface area contributed by atoms with Crippen LogP contribution in [0.3, 0.4) is 0 Å². The van der Waals surface area contributed by atoms with Gasteiger partial charge in [0.1, 0.15) is 6.10 Å². The molecule has 8 nitrogen and oxygen atoms in total. The number of hydrogen-bond acceptors (Lipinski definition) is 7. The summed E-state index contributed by atoms with van der Waals surface area (Å²) in [4.78, 5) is 11.3. The average molecular weight is 356 g/mol. The molecule has 4 heterocycles. The first kappa shape index (κ1) is 17.1. The van der Waals surface area contributed by atoms with Crippen LogP contribution in [0.25, 0.3) is 11.0 Å². The second-order valence-corrected chi connectivity index (χ2v) is 7.25. The zero-order chi connectivity index (χ0) is 18.3. The van der Waals surface area contributed by atoms with Gasteiger partial charge in [0.15, 0.2) is 11.5 Å². The third-order valence-electron chi connectivity index (χ3n) is 4.54. The minimum Gasteiger partial charge on any atom is -0.363 e. The summed E-state index contributed by atoms with van der Waals surface area (Å²) in [7, 11) is 0. The highest BCUT2D eigenvalue weighted by Crippen LogP contribution is 2.25. The van der Waals surface area contributed by atoms with E-state index in [9.17, 15) is 0 Å². The Balaban J connectivity index is 1.51. The molecular formula is C18H24N6O2. The van der Waals surface area contributed by atoms with E-state index in [2.05, 4.69) is 52.0 Å². The van der Waals surface area contributed by atoms with Crippen LogP contribution in [-0.4, -0.2) is 49.0 Å². The van der Waals surface area contributed by atoms with Crippen molar-refractivity contribution in [3.05, 3.63) is 35.7 Å². The van der Waals surface area contributed by atoms with Crippen LogP contribution in [0.15, 0.2) is 23.0 Å². The van der Waals surface area contributed by atoms with Crippen molar-refractivity contribution in [3.63, 3.8) is 0 Å². The van der Waals surface area contributed by atoms with Crippen molar-refractivity contribution in [2.45, 2.75) is 52.5 Å². The molecule has 0 saturated carbocycles. The van der Waals surface area contributed by atoms with Gasteiger partial charge in [-0.1, -0.05) is 5.16 Å². The van der Waals surface area contributed by atoms with Gasteiger partial charge in [0.05, 0.1) is 12.3 Å². The zero-order valence-corrected chi connectivity index (χ0v) is 15.6. The summed E-state index contributed by atoms with van der Waals surface area (Å²) in [6.45, 7) is 10.5. The molecular weight excluding hydrogens is 332 g/mol. The fourth-order valence-electron chi connectivity index (χ4n) is 3.46. The summed E-state index contributed by atoms with van der Waals surface area (Å²) in [5.41, 5.74) is 2.09. The molecule has 0 spiro atoms. The van der Waals surface area contributed by atoms with Crippen LogP contribution in [0.2, 0.25) is 0 Å². The highest BCUT2D eigenvalue weighted by molar-refractivity contribution is 5.75. The third kappa shape index (κ3) is 3.34. The van der Waals surface area contributed by atoms with Crippen molar-refractivity contribution in [2.75, 3.05) is 13.1 Å². The molecule has 0 bridgehead atoms. The molecule has 1 aliphatic rings. The molecule has 0 unspecified atom stereocenters. The minimum absolute atomic E-state index is 0.0985. The molecule has 3 aromatic rings. The predicted octanol–water partition coefficient (Wildman–Crippen LogP) is 2.67. The summed E-state index contributed by atoms with van der Waals surface area (Å²) in [6, 6.07) is 2.46. The van der Waals surface area contributed by atoms with Crippen LogP contribution >= 0.6 is 0 Å². The smallest absolute Gasteiger partial charge is 0.257 e. The lowest BCUT2D eigenvalue weighted by Crippen LogP contribution is -2.42. The Kier molecular flexibility index (Phi) is 4.46. The van der Waals surface area contributed by atoms with Gasteiger partial charge in [-0.3, -0.25) is 4.90 Å². The van der Waals surface area contributed by atoms with E-state index in [1.165, 1.54) is 0 Å². The lowest BCUT2D eigenvalue weighted by Gasteiger charge is -2.35. The number of rotatable bonds is 4. The van der Waals surface area contributed by atoms with Crippen molar-refractivity contribution in [2.24, 2.45) is 0 Å².